The first-order valence-corrected chi connectivity index (χ1v) is 6.14. The molecule has 0 aliphatic carbocycles. The number of carbonyl (C=O) groups is 1. The Morgan fingerprint density at radius 2 is 2.14 bits per heavy atom. The molecule has 3 rings (SSSR count). The fourth-order valence-corrected chi connectivity index (χ4v) is 1.85. The lowest BCUT2D eigenvalue weighted by Gasteiger charge is -2.11. The van der Waals surface area contributed by atoms with Crippen molar-refractivity contribution in [2.75, 3.05) is 11.1 Å². The van der Waals surface area contributed by atoms with Crippen LogP contribution in [-0.4, -0.2) is 25.8 Å². The van der Waals surface area contributed by atoms with Crippen LogP contribution in [0.15, 0.2) is 30.6 Å². The van der Waals surface area contributed by atoms with E-state index in [1.54, 1.807) is 24.3 Å². The van der Waals surface area contributed by atoms with Gasteiger partial charge in [-0.2, -0.15) is 9.97 Å². The molecule has 0 fully saturated rings. The molecule has 0 aliphatic heterocycles. The van der Waals surface area contributed by atoms with Gasteiger partial charge in [0, 0.05) is 6.92 Å². The number of nitrogens with one attached hydrogen (secondary N) is 2. The highest BCUT2D eigenvalue weighted by atomic mass is 16.5. The summed E-state index contributed by atoms with van der Waals surface area (Å²) < 4.78 is 5.75. The van der Waals surface area contributed by atoms with Gasteiger partial charge < -0.3 is 20.8 Å². The van der Waals surface area contributed by atoms with Crippen LogP contribution in [0.2, 0.25) is 0 Å². The number of nitrogens with zero attached hydrogens (tertiary/aromatic N) is 3. The number of rotatable bonds is 3. The number of para-hydroxylation sites is 2. The third-order valence-electron chi connectivity index (χ3n) is 2.67. The first-order chi connectivity index (χ1) is 10.1. The van der Waals surface area contributed by atoms with Crippen LogP contribution in [0.5, 0.6) is 11.6 Å². The fraction of sp³-hybridized carbons (Fsp3) is 0.0769. The Labute approximate surface area is 119 Å². The summed E-state index contributed by atoms with van der Waals surface area (Å²) in [6.07, 6.45) is 1.48. The summed E-state index contributed by atoms with van der Waals surface area (Å²) in [7, 11) is 0. The number of nitrogen functional groups attached to an aromatic ring is 1. The molecule has 1 amide bonds. The molecule has 21 heavy (non-hydrogen) atoms. The van der Waals surface area contributed by atoms with Gasteiger partial charge in [-0.1, -0.05) is 12.1 Å². The molecule has 0 atom stereocenters. The first kappa shape index (κ1) is 12.9. The smallest absolute Gasteiger partial charge is 0.250 e. The van der Waals surface area contributed by atoms with E-state index in [2.05, 4.69) is 25.3 Å². The second-order valence-corrected chi connectivity index (χ2v) is 4.27. The summed E-state index contributed by atoms with van der Waals surface area (Å²) in [5.41, 5.74) is 7.11. The maximum atomic E-state index is 11.2. The summed E-state index contributed by atoms with van der Waals surface area (Å²) in [5, 5.41) is 2.69. The first-order valence-electron chi connectivity index (χ1n) is 6.14. The van der Waals surface area contributed by atoms with E-state index in [0.717, 1.165) is 0 Å². The molecule has 0 saturated heterocycles. The molecule has 4 N–H and O–H groups in total. The number of benzene rings is 1. The van der Waals surface area contributed by atoms with Gasteiger partial charge in [-0.05, 0) is 12.1 Å². The molecule has 8 nitrogen and oxygen atoms in total. The summed E-state index contributed by atoms with van der Waals surface area (Å²) in [5.74, 6) is 0.552. The number of imidazole rings is 1. The maximum Gasteiger partial charge on any atom is 0.250 e. The topological polar surface area (TPSA) is 119 Å². The number of amides is 1. The molecular weight excluding hydrogens is 272 g/mol. The van der Waals surface area contributed by atoms with Crippen LogP contribution in [0, 0.1) is 0 Å². The number of hydrogen-bond donors (Lipinski definition) is 3. The minimum absolute atomic E-state index is 0.0570. The number of fused-ring (bicyclic) bond motifs is 1. The van der Waals surface area contributed by atoms with Gasteiger partial charge in [0.1, 0.15) is 5.52 Å². The van der Waals surface area contributed by atoms with E-state index in [1.165, 1.54) is 13.3 Å². The van der Waals surface area contributed by atoms with E-state index in [-0.39, 0.29) is 17.7 Å². The summed E-state index contributed by atoms with van der Waals surface area (Å²) in [4.78, 5) is 26.2. The molecule has 8 heteroatoms. The lowest BCUT2D eigenvalue weighted by Crippen LogP contribution is -2.07. The Morgan fingerprint density at radius 3 is 2.95 bits per heavy atom. The second kappa shape index (κ2) is 5.08. The van der Waals surface area contributed by atoms with Gasteiger partial charge in [0.2, 0.25) is 11.9 Å². The van der Waals surface area contributed by atoms with Crippen molar-refractivity contribution in [2.24, 2.45) is 0 Å². The molecule has 2 aromatic heterocycles. The van der Waals surface area contributed by atoms with Crippen LogP contribution >= 0.6 is 0 Å². The van der Waals surface area contributed by atoms with E-state index < -0.39 is 0 Å². The average Bonchev–Trinajstić information content (AvgIpc) is 2.88. The molecular formula is C13H12N6O2. The van der Waals surface area contributed by atoms with E-state index in [4.69, 9.17) is 10.5 Å². The highest BCUT2D eigenvalue weighted by Gasteiger charge is 2.13. The van der Waals surface area contributed by atoms with Crippen LogP contribution in [-0.2, 0) is 4.79 Å². The van der Waals surface area contributed by atoms with Crippen LogP contribution in [0.25, 0.3) is 11.2 Å². The molecule has 0 spiro atoms. The van der Waals surface area contributed by atoms with E-state index in [1.807, 2.05) is 0 Å². The predicted octanol–water partition coefficient (Wildman–Crippen LogP) is 1.69. The molecule has 0 saturated carbocycles. The van der Waals surface area contributed by atoms with Gasteiger partial charge in [0.05, 0.1) is 12.0 Å². The van der Waals surface area contributed by atoms with Crippen molar-refractivity contribution < 1.29 is 9.53 Å². The zero-order valence-electron chi connectivity index (χ0n) is 11.1. The molecule has 0 unspecified atom stereocenters. The number of nitrogens with two attached hydrogens (primary N) is 1. The van der Waals surface area contributed by atoms with E-state index in [0.29, 0.717) is 22.6 Å². The highest BCUT2D eigenvalue weighted by molar-refractivity contribution is 5.90. The molecule has 0 aliphatic rings. The van der Waals surface area contributed by atoms with Crippen molar-refractivity contribution >= 4 is 28.7 Å². The Balaban J connectivity index is 2.02. The molecule has 0 radical (unpaired) electrons. The van der Waals surface area contributed by atoms with Gasteiger partial charge in [-0.25, -0.2) is 4.98 Å². The van der Waals surface area contributed by atoms with E-state index in [9.17, 15) is 4.79 Å². The summed E-state index contributed by atoms with van der Waals surface area (Å²) in [6, 6.07) is 7.02. The second-order valence-electron chi connectivity index (χ2n) is 4.27. The maximum absolute atomic E-state index is 11.2. The molecule has 0 bridgehead atoms. The lowest BCUT2D eigenvalue weighted by molar-refractivity contribution is -0.114. The van der Waals surface area contributed by atoms with Crippen LogP contribution in [0.1, 0.15) is 6.92 Å². The Morgan fingerprint density at radius 1 is 1.33 bits per heavy atom. The number of aromatic amines is 1. The zero-order chi connectivity index (χ0) is 14.8. The van der Waals surface area contributed by atoms with Crippen molar-refractivity contribution in [1.82, 2.24) is 19.9 Å². The van der Waals surface area contributed by atoms with Crippen LogP contribution < -0.4 is 15.8 Å². The van der Waals surface area contributed by atoms with Gasteiger partial charge in [-0.15, -0.1) is 0 Å². The number of carbonyl (C=O) groups excluding carboxylic acids is 1. The number of ether oxygens (including phenoxy) is 1. The van der Waals surface area contributed by atoms with Crippen LogP contribution in [0.4, 0.5) is 11.6 Å². The Kier molecular flexibility index (Phi) is 3.11. The minimum atomic E-state index is -0.195. The van der Waals surface area contributed by atoms with Gasteiger partial charge in [0.25, 0.3) is 5.88 Å². The predicted molar refractivity (Wildman–Crippen MR) is 76.9 cm³/mol. The molecule has 1 aromatic carbocycles. The monoisotopic (exact) mass is 284 g/mol. The number of aromatic nitrogens is 4. The number of hydrogen-bond acceptors (Lipinski definition) is 6. The van der Waals surface area contributed by atoms with Crippen molar-refractivity contribution in [3.05, 3.63) is 30.6 Å². The SMILES string of the molecule is CC(=O)Nc1ccccc1Oc1nc(N)nc2nc[nH]c12. The van der Waals surface area contributed by atoms with Gasteiger partial charge in [-0.3, -0.25) is 4.79 Å². The van der Waals surface area contributed by atoms with Gasteiger partial charge in [0.15, 0.2) is 11.4 Å². The average molecular weight is 284 g/mol. The normalized spacial score (nSPS) is 10.5. The third-order valence-corrected chi connectivity index (χ3v) is 2.67. The largest absolute Gasteiger partial charge is 0.435 e. The summed E-state index contributed by atoms with van der Waals surface area (Å²) in [6.45, 7) is 1.42. The standard InChI is InChI=1S/C13H12N6O2/c1-7(20)17-8-4-2-3-5-9(8)21-12-10-11(16-6-15-10)18-13(14)19-12/h2-6H,1H3,(H,17,20)(H3,14,15,16,18,19). The van der Waals surface area contributed by atoms with Crippen molar-refractivity contribution in [3.8, 4) is 11.6 Å². The molecule has 3 aromatic rings. The fourth-order valence-electron chi connectivity index (χ4n) is 1.85. The summed E-state index contributed by atoms with van der Waals surface area (Å²) >= 11 is 0. The number of H-pyrrole nitrogens is 1. The van der Waals surface area contributed by atoms with Crippen LogP contribution in [0.3, 0.4) is 0 Å². The Bertz CT molecular complexity index is 813. The quantitative estimate of drug-likeness (QED) is 0.673. The highest BCUT2D eigenvalue weighted by Crippen LogP contribution is 2.31. The molecule has 2 heterocycles. The number of anilines is 2. The molecule has 106 valence electrons. The van der Waals surface area contributed by atoms with E-state index >= 15 is 0 Å². The third kappa shape index (κ3) is 2.59. The van der Waals surface area contributed by atoms with Crippen molar-refractivity contribution in [3.63, 3.8) is 0 Å². The minimum Gasteiger partial charge on any atom is -0.435 e. The Hall–Kier alpha value is -3.16. The van der Waals surface area contributed by atoms with Crippen molar-refractivity contribution in [1.29, 1.82) is 0 Å². The van der Waals surface area contributed by atoms with Crippen molar-refractivity contribution in [2.45, 2.75) is 6.92 Å². The zero-order valence-corrected chi connectivity index (χ0v) is 11.1. The van der Waals surface area contributed by atoms with Gasteiger partial charge >= 0.3 is 0 Å². The lowest BCUT2D eigenvalue weighted by atomic mass is 10.3.